The van der Waals surface area contributed by atoms with Crippen molar-refractivity contribution in [3.05, 3.63) is 47.5 Å². The summed E-state index contributed by atoms with van der Waals surface area (Å²) in [5, 5.41) is 5.44. The molecule has 0 saturated heterocycles. The molecule has 0 aliphatic carbocycles. The molecule has 3 N–H and O–H groups in total. The molecular weight excluding hydrogens is 422 g/mol. The molecule has 2 aromatic carbocycles. The van der Waals surface area contributed by atoms with Crippen LogP contribution in [0.3, 0.4) is 0 Å². The first kappa shape index (κ1) is 24.0. The Balaban J connectivity index is 2.14. The van der Waals surface area contributed by atoms with Gasteiger partial charge in [0.2, 0.25) is 10.0 Å². The second kappa shape index (κ2) is 10.2. The highest BCUT2D eigenvalue weighted by atomic mass is 32.2. The summed E-state index contributed by atoms with van der Waals surface area (Å²) in [6, 6.07) is 9.48. The predicted molar refractivity (Wildman–Crippen MR) is 119 cm³/mol. The van der Waals surface area contributed by atoms with Crippen LogP contribution < -0.4 is 24.8 Å². The molecule has 2 rings (SSSR count). The van der Waals surface area contributed by atoms with Gasteiger partial charge in [0.15, 0.2) is 18.1 Å². The van der Waals surface area contributed by atoms with Crippen LogP contribution in [0.4, 0.5) is 11.4 Å². The molecule has 0 unspecified atom stereocenters. The van der Waals surface area contributed by atoms with Gasteiger partial charge >= 0.3 is 0 Å². The monoisotopic (exact) mass is 449 g/mol. The highest BCUT2D eigenvalue weighted by Crippen LogP contribution is 2.29. The largest absolute Gasteiger partial charge is 0.493 e. The van der Waals surface area contributed by atoms with E-state index in [1.54, 1.807) is 25.1 Å². The minimum atomic E-state index is -3.45. The average molecular weight is 450 g/mol. The maximum absolute atomic E-state index is 12.7. The molecule has 2 aromatic rings. The molecular formula is C21H27N3O6S. The van der Waals surface area contributed by atoms with Gasteiger partial charge in [0.1, 0.15) is 0 Å². The third-order valence-electron chi connectivity index (χ3n) is 4.03. The highest BCUT2D eigenvalue weighted by Gasteiger charge is 2.14. The second-order valence-corrected chi connectivity index (χ2v) is 8.98. The van der Waals surface area contributed by atoms with Gasteiger partial charge in [-0.1, -0.05) is 6.07 Å². The lowest BCUT2D eigenvalue weighted by atomic mass is 10.1. The first-order valence-electron chi connectivity index (χ1n) is 9.48. The molecule has 2 amide bonds. The summed E-state index contributed by atoms with van der Waals surface area (Å²) >= 11 is 0. The molecule has 31 heavy (non-hydrogen) atoms. The number of hydrogen-bond donors (Lipinski definition) is 3. The number of amides is 2. The van der Waals surface area contributed by atoms with Gasteiger partial charge in [-0.3, -0.25) is 14.3 Å². The molecule has 0 aliphatic rings. The molecule has 0 fully saturated rings. The summed E-state index contributed by atoms with van der Waals surface area (Å²) in [6.07, 6.45) is 1.06. The van der Waals surface area contributed by atoms with Gasteiger partial charge in [-0.25, -0.2) is 8.42 Å². The Kier molecular flexibility index (Phi) is 7.87. The first-order valence-corrected chi connectivity index (χ1v) is 11.4. The molecule has 0 spiro atoms. The van der Waals surface area contributed by atoms with Crippen molar-refractivity contribution < 1.29 is 27.5 Å². The Morgan fingerprint density at radius 1 is 1.06 bits per heavy atom. The quantitative estimate of drug-likeness (QED) is 0.541. The van der Waals surface area contributed by atoms with Crippen LogP contribution in [-0.4, -0.2) is 46.2 Å². The van der Waals surface area contributed by atoms with Crippen molar-refractivity contribution >= 4 is 33.2 Å². The number of methoxy groups -OCH3 is 1. The standard InChI is InChI=1S/C21H27N3O6S/c1-13(2)22-20(25)12-30-18-9-7-15(10-19(18)29-4)21(26)23-16-8-6-14(3)17(11-16)24-31(5,27)28/h6-11,13,24H,12H2,1-5H3,(H,22,25)(H,23,26). The Hall–Kier alpha value is -3.27. The zero-order valence-electron chi connectivity index (χ0n) is 18.1. The van der Waals surface area contributed by atoms with Crippen molar-refractivity contribution in [1.29, 1.82) is 0 Å². The van der Waals surface area contributed by atoms with E-state index >= 15 is 0 Å². The normalized spacial score (nSPS) is 11.0. The van der Waals surface area contributed by atoms with Gasteiger partial charge in [0.05, 0.1) is 19.1 Å². The number of benzene rings is 2. The molecule has 0 heterocycles. The molecule has 9 nitrogen and oxygen atoms in total. The van der Waals surface area contributed by atoms with E-state index < -0.39 is 15.9 Å². The summed E-state index contributed by atoms with van der Waals surface area (Å²) in [5.74, 6) is -0.0606. The predicted octanol–water partition coefficient (Wildman–Crippen LogP) is 2.53. The van der Waals surface area contributed by atoms with Gasteiger partial charge in [-0.2, -0.15) is 0 Å². The van der Waals surface area contributed by atoms with Crippen LogP contribution >= 0.6 is 0 Å². The van der Waals surface area contributed by atoms with Crippen molar-refractivity contribution in [2.75, 3.05) is 30.0 Å². The lowest BCUT2D eigenvalue weighted by Crippen LogP contribution is -2.34. The van der Waals surface area contributed by atoms with E-state index in [0.717, 1.165) is 6.26 Å². The maximum atomic E-state index is 12.7. The number of hydrogen-bond acceptors (Lipinski definition) is 6. The molecule has 0 bridgehead atoms. The van der Waals surface area contributed by atoms with Gasteiger partial charge in [-0.15, -0.1) is 0 Å². The number of carbonyl (C=O) groups excluding carboxylic acids is 2. The number of carbonyl (C=O) groups is 2. The van der Waals surface area contributed by atoms with Crippen LogP contribution in [0.5, 0.6) is 11.5 Å². The molecule has 0 aromatic heterocycles. The SMILES string of the molecule is COc1cc(C(=O)Nc2ccc(C)c(NS(C)(=O)=O)c2)ccc1OCC(=O)NC(C)C. The van der Waals surface area contributed by atoms with Crippen molar-refractivity contribution in [1.82, 2.24) is 5.32 Å². The molecule has 10 heteroatoms. The second-order valence-electron chi connectivity index (χ2n) is 7.23. The number of aryl methyl sites for hydroxylation is 1. The van der Waals surface area contributed by atoms with E-state index in [1.807, 2.05) is 13.8 Å². The van der Waals surface area contributed by atoms with Crippen molar-refractivity contribution in [3.63, 3.8) is 0 Å². The molecule has 0 aliphatic heterocycles. The fraction of sp³-hybridized carbons (Fsp3) is 0.333. The first-order chi connectivity index (χ1) is 14.5. The van der Waals surface area contributed by atoms with Crippen LogP contribution in [-0.2, 0) is 14.8 Å². The van der Waals surface area contributed by atoms with E-state index in [2.05, 4.69) is 15.4 Å². The van der Waals surface area contributed by atoms with E-state index in [4.69, 9.17) is 9.47 Å². The van der Waals surface area contributed by atoms with E-state index in [1.165, 1.54) is 25.3 Å². The van der Waals surface area contributed by atoms with Gasteiger partial charge in [0.25, 0.3) is 11.8 Å². The van der Waals surface area contributed by atoms with Crippen molar-refractivity contribution in [3.8, 4) is 11.5 Å². The van der Waals surface area contributed by atoms with Crippen LogP contribution in [0.1, 0.15) is 29.8 Å². The summed E-state index contributed by atoms with van der Waals surface area (Å²) in [7, 11) is -2.02. The molecule has 168 valence electrons. The number of ether oxygens (including phenoxy) is 2. The zero-order valence-corrected chi connectivity index (χ0v) is 18.9. The van der Waals surface area contributed by atoms with E-state index in [9.17, 15) is 18.0 Å². The third-order valence-corrected chi connectivity index (χ3v) is 4.62. The summed E-state index contributed by atoms with van der Waals surface area (Å²) in [5.41, 5.74) is 1.81. The Morgan fingerprint density at radius 3 is 2.39 bits per heavy atom. The molecule has 0 saturated carbocycles. The summed E-state index contributed by atoms with van der Waals surface area (Å²) < 4.78 is 36.2. The van der Waals surface area contributed by atoms with Crippen LogP contribution in [0.15, 0.2) is 36.4 Å². The number of nitrogens with one attached hydrogen (secondary N) is 3. The third kappa shape index (κ3) is 7.49. The van der Waals surface area contributed by atoms with Gasteiger partial charge < -0.3 is 20.1 Å². The lowest BCUT2D eigenvalue weighted by molar-refractivity contribution is -0.123. The molecule has 0 radical (unpaired) electrons. The van der Waals surface area contributed by atoms with Crippen LogP contribution in [0.2, 0.25) is 0 Å². The number of rotatable bonds is 9. The Morgan fingerprint density at radius 2 is 1.77 bits per heavy atom. The summed E-state index contributed by atoms with van der Waals surface area (Å²) in [4.78, 5) is 24.4. The van der Waals surface area contributed by atoms with Crippen LogP contribution in [0.25, 0.3) is 0 Å². The van der Waals surface area contributed by atoms with E-state index in [0.29, 0.717) is 34.0 Å². The van der Waals surface area contributed by atoms with E-state index in [-0.39, 0.29) is 18.6 Å². The lowest BCUT2D eigenvalue weighted by Gasteiger charge is -2.14. The Labute approximate surface area is 182 Å². The number of sulfonamides is 1. The average Bonchev–Trinajstić information content (AvgIpc) is 2.67. The molecule has 0 atom stereocenters. The summed E-state index contributed by atoms with van der Waals surface area (Å²) in [6.45, 7) is 5.27. The zero-order chi connectivity index (χ0) is 23.2. The fourth-order valence-electron chi connectivity index (χ4n) is 2.65. The minimum Gasteiger partial charge on any atom is -0.493 e. The maximum Gasteiger partial charge on any atom is 0.258 e. The van der Waals surface area contributed by atoms with Gasteiger partial charge in [-0.05, 0) is 56.7 Å². The smallest absolute Gasteiger partial charge is 0.258 e. The van der Waals surface area contributed by atoms with Crippen molar-refractivity contribution in [2.24, 2.45) is 0 Å². The highest BCUT2D eigenvalue weighted by molar-refractivity contribution is 7.92. The topological polar surface area (TPSA) is 123 Å². The number of anilines is 2. The van der Waals surface area contributed by atoms with Crippen LogP contribution in [0, 0.1) is 6.92 Å². The minimum absolute atomic E-state index is 0.000934. The fourth-order valence-corrected chi connectivity index (χ4v) is 3.27. The Bertz CT molecular complexity index is 1070. The van der Waals surface area contributed by atoms with Crippen molar-refractivity contribution in [2.45, 2.75) is 26.8 Å². The van der Waals surface area contributed by atoms with Gasteiger partial charge in [0, 0.05) is 17.3 Å².